The molecule has 0 aliphatic rings. The van der Waals surface area contributed by atoms with Crippen molar-refractivity contribution in [3.05, 3.63) is 29.3 Å². The molecule has 0 bridgehead atoms. The lowest BCUT2D eigenvalue weighted by Crippen LogP contribution is -2.48. The molecule has 1 N–H and O–H groups in total. The lowest BCUT2D eigenvalue weighted by atomic mass is 10.1. The highest BCUT2D eigenvalue weighted by Crippen LogP contribution is 2.25. The number of aryl methyl sites for hydroxylation is 2. The molecule has 1 rings (SSSR count). The third kappa shape index (κ3) is 2.46. The molecule has 1 amide bonds. The second-order valence-electron chi connectivity index (χ2n) is 4.22. The van der Waals surface area contributed by atoms with Gasteiger partial charge in [-0.15, -0.1) is 0 Å². The molecule has 0 aliphatic carbocycles. The minimum Gasteiger partial charge on any atom is -0.477 e. The molecule has 0 saturated carbocycles. The van der Waals surface area contributed by atoms with Crippen molar-refractivity contribution >= 4 is 18.1 Å². The van der Waals surface area contributed by atoms with Crippen molar-refractivity contribution in [2.75, 3.05) is 13.6 Å². The molecule has 1 unspecified atom stereocenters. The SMILES string of the molecule is Cc1ccc(C)c([N+](C)(C=O)CC(=O)O)c1. The van der Waals surface area contributed by atoms with E-state index < -0.39 is 5.97 Å². The van der Waals surface area contributed by atoms with Gasteiger partial charge < -0.3 is 5.11 Å². The highest BCUT2D eigenvalue weighted by molar-refractivity contribution is 5.81. The molecule has 4 heteroatoms. The smallest absolute Gasteiger partial charge is 0.360 e. The van der Waals surface area contributed by atoms with E-state index in [1.165, 1.54) is 0 Å². The topological polar surface area (TPSA) is 54.4 Å². The number of quaternary nitrogens is 1. The molecule has 16 heavy (non-hydrogen) atoms. The predicted octanol–water partition coefficient (Wildman–Crippen LogP) is 1.48. The summed E-state index contributed by atoms with van der Waals surface area (Å²) in [7, 11) is 1.60. The van der Waals surface area contributed by atoms with Crippen molar-refractivity contribution < 1.29 is 14.7 Å². The summed E-state index contributed by atoms with van der Waals surface area (Å²) >= 11 is 0. The number of carbonyl (C=O) groups is 2. The molecule has 0 heterocycles. The van der Waals surface area contributed by atoms with Gasteiger partial charge in [-0.1, -0.05) is 12.1 Å². The third-order valence-corrected chi connectivity index (χ3v) is 2.61. The summed E-state index contributed by atoms with van der Waals surface area (Å²) in [5.74, 6) is -0.990. The number of hydrogen-bond donors (Lipinski definition) is 1. The van der Waals surface area contributed by atoms with Gasteiger partial charge in [-0.3, -0.25) is 0 Å². The van der Waals surface area contributed by atoms with Gasteiger partial charge in [-0.2, -0.15) is 0 Å². The van der Waals surface area contributed by atoms with E-state index in [0.29, 0.717) is 6.41 Å². The normalized spacial score (nSPS) is 14.2. The van der Waals surface area contributed by atoms with Crippen LogP contribution in [-0.4, -0.2) is 31.1 Å². The molecule has 1 aromatic rings. The Hall–Kier alpha value is -1.68. The van der Waals surface area contributed by atoms with Crippen LogP contribution in [0.4, 0.5) is 5.69 Å². The van der Waals surface area contributed by atoms with E-state index in [0.717, 1.165) is 16.8 Å². The van der Waals surface area contributed by atoms with Gasteiger partial charge in [0.05, 0.1) is 7.05 Å². The summed E-state index contributed by atoms with van der Waals surface area (Å²) in [4.78, 5) is 21.9. The monoisotopic (exact) mass is 222 g/mol. The number of carbonyl (C=O) groups excluding carboxylic acids is 1. The fourth-order valence-electron chi connectivity index (χ4n) is 1.73. The van der Waals surface area contributed by atoms with E-state index in [4.69, 9.17) is 5.11 Å². The molecular formula is C12H16NO3+. The summed E-state index contributed by atoms with van der Waals surface area (Å²) in [5, 5.41) is 8.83. The van der Waals surface area contributed by atoms with Crippen LogP contribution in [0.1, 0.15) is 11.1 Å². The van der Waals surface area contributed by atoms with E-state index in [1.807, 2.05) is 32.0 Å². The Bertz CT molecular complexity index is 428. The predicted molar refractivity (Wildman–Crippen MR) is 62.2 cm³/mol. The van der Waals surface area contributed by atoms with E-state index in [2.05, 4.69) is 0 Å². The first-order valence-corrected chi connectivity index (χ1v) is 5.00. The van der Waals surface area contributed by atoms with Crippen molar-refractivity contribution in [2.24, 2.45) is 0 Å². The molecule has 4 nitrogen and oxygen atoms in total. The maximum absolute atomic E-state index is 11.1. The zero-order chi connectivity index (χ0) is 12.3. The van der Waals surface area contributed by atoms with Crippen LogP contribution in [0, 0.1) is 13.8 Å². The first-order valence-electron chi connectivity index (χ1n) is 5.00. The molecule has 0 saturated heterocycles. The third-order valence-electron chi connectivity index (χ3n) is 2.61. The van der Waals surface area contributed by atoms with Crippen molar-refractivity contribution in [2.45, 2.75) is 13.8 Å². The van der Waals surface area contributed by atoms with Crippen LogP contribution >= 0.6 is 0 Å². The second-order valence-corrected chi connectivity index (χ2v) is 4.22. The Morgan fingerprint density at radius 3 is 2.56 bits per heavy atom. The van der Waals surface area contributed by atoms with Crippen molar-refractivity contribution in [3.8, 4) is 0 Å². The summed E-state index contributed by atoms with van der Waals surface area (Å²) in [6.07, 6.45) is 0.663. The molecule has 86 valence electrons. The Kier molecular flexibility index (Phi) is 3.44. The number of rotatable bonds is 4. The Morgan fingerprint density at radius 1 is 1.44 bits per heavy atom. The van der Waals surface area contributed by atoms with E-state index >= 15 is 0 Å². The fraction of sp³-hybridized carbons (Fsp3) is 0.333. The van der Waals surface area contributed by atoms with Gasteiger partial charge in [-0.05, 0) is 19.4 Å². The molecular weight excluding hydrogens is 206 g/mol. The van der Waals surface area contributed by atoms with Gasteiger partial charge in [0.25, 0.3) is 0 Å². The number of benzene rings is 1. The lowest BCUT2D eigenvalue weighted by molar-refractivity contribution is -0.139. The van der Waals surface area contributed by atoms with Crippen molar-refractivity contribution in [3.63, 3.8) is 0 Å². The molecule has 0 fully saturated rings. The zero-order valence-corrected chi connectivity index (χ0v) is 9.73. The van der Waals surface area contributed by atoms with E-state index in [9.17, 15) is 9.59 Å². The summed E-state index contributed by atoms with van der Waals surface area (Å²) < 4.78 is -0.233. The number of aliphatic carboxylic acids is 1. The Balaban J connectivity index is 3.26. The highest BCUT2D eigenvalue weighted by Gasteiger charge is 2.29. The van der Waals surface area contributed by atoms with Crippen molar-refractivity contribution in [1.29, 1.82) is 0 Å². The number of carboxylic acids is 1. The van der Waals surface area contributed by atoms with Gasteiger partial charge in [0.2, 0.25) is 0 Å². The van der Waals surface area contributed by atoms with Crippen LogP contribution in [0.2, 0.25) is 0 Å². The first-order chi connectivity index (χ1) is 7.39. The van der Waals surface area contributed by atoms with E-state index in [-0.39, 0.29) is 11.0 Å². The number of carboxylic acid groups (broad SMARTS) is 1. The zero-order valence-electron chi connectivity index (χ0n) is 9.73. The van der Waals surface area contributed by atoms with Crippen LogP contribution in [0.15, 0.2) is 18.2 Å². The quantitative estimate of drug-likeness (QED) is 0.620. The minimum absolute atomic E-state index is 0.233. The summed E-state index contributed by atoms with van der Waals surface area (Å²) in [6.45, 7) is 3.54. The first kappa shape index (κ1) is 12.4. The molecule has 1 atom stereocenters. The van der Waals surface area contributed by atoms with Gasteiger partial charge >= 0.3 is 12.4 Å². The minimum atomic E-state index is -0.990. The summed E-state index contributed by atoms with van der Waals surface area (Å²) in [6, 6.07) is 5.69. The van der Waals surface area contributed by atoms with E-state index in [1.54, 1.807) is 7.05 Å². The van der Waals surface area contributed by atoms with Crippen LogP contribution in [0.25, 0.3) is 0 Å². The number of likely N-dealkylation sites (N-methyl/N-ethyl adjacent to an activating group) is 1. The van der Waals surface area contributed by atoms with Crippen LogP contribution in [0.5, 0.6) is 0 Å². The maximum atomic E-state index is 11.1. The van der Waals surface area contributed by atoms with Crippen LogP contribution in [0.3, 0.4) is 0 Å². The highest BCUT2D eigenvalue weighted by atomic mass is 16.4. The fourth-order valence-corrected chi connectivity index (χ4v) is 1.73. The Morgan fingerprint density at radius 2 is 2.06 bits per heavy atom. The van der Waals surface area contributed by atoms with Gasteiger partial charge in [0, 0.05) is 11.6 Å². The molecule has 0 aliphatic heterocycles. The Labute approximate surface area is 94.7 Å². The van der Waals surface area contributed by atoms with Crippen molar-refractivity contribution in [1.82, 2.24) is 4.48 Å². The maximum Gasteiger partial charge on any atom is 0.360 e. The van der Waals surface area contributed by atoms with Crippen LogP contribution < -0.4 is 4.48 Å². The number of amides is 1. The summed E-state index contributed by atoms with van der Waals surface area (Å²) in [5.41, 5.74) is 2.66. The van der Waals surface area contributed by atoms with Crippen LogP contribution in [-0.2, 0) is 9.59 Å². The number of nitrogens with zero attached hydrogens (tertiary/aromatic N) is 1. The molecule has 1 aromatic carbocycles. The average Bonchev–Trinajstić information content (AvgIpc) is 2.20. The van der Waals surface area contributed by atoms with Gasteiger partial charge in [0.15, 0.2) is 6.54 Å². The van der Waals surface area contributed by atoms with Gasteiger partial charge in [-0.25, -0.2) is 14.1 Å². The molecule has 0 aromatic heterocycles. The standard InChI is InChI=1S/C12H15NO3/c1-9-4-5-10(2)11(6-9)13(3,8-14)7-12(15)16/h4-6,8H,7H2,1-3H3/p+1. The lowest BCUT2D eigenvalue weighted by Gasteiger charge is -2.26. The average molecular weight is 222 g/mol. The van der Waals surface area contributed by atoms with Gasteiger partial charge in [0.1, 0.15) is 5.69 Å². The molecule has 0 radical (unpaired) electrons. The number of hydrogen-bond acceptors (Lipinski definition) is 2. The molecule has 0 spiro atoms. The largest absolute Gasteiger partial charge is 0.477 e. The second kappa shape index (κ2) is 4.45.